The van der Waals surface area contributed by atoms with E-state index in [4.69, 9.17) is 0 Å². The zero-order valence-electron chi connectivity index (χ0n) is 6.54. The van der Waals surface area contributed by atoms with Crippen molar-refractivity contribution in [1.29, 1.82) is 0 Å². The van der Waals surface area contributed by atoms with Crippen LogP contribution in [0.3, 0.4) is 0 Å². The van der Waals surface area contributed by atoms with E-state index in [1.165, 1.54) is 16.7 Å². The number of benzene rings is 1. The predicted molar refractivity (Wildman–Crippen MR) is 49.1 cm³/mol. The van der Waals surface area contributed by atoms with Gasteiger partial charge >= 0.3 is 0 Å². The Hall–Kier alpha value is -1.30. The van der Waals surface area contributed by atoms with E-state index >= 15 is 0 Å². The van der Waals surface area contributed by atoms with Crippen molar-refractivity contribution in [2.24, 2.45) is 0 Å². The van der Waals surface area contributed by atoms with Crippen LogP contribution in [0.2, 0.25) is 0 Å². The van der Waals surface area contributed by atoms with E-state index in [-0.39, 0.29) is 0 Å². The first-order chi connectivity index (χ1) is 5.42. The summed E-state index contributed by atoms with van der Waals surface area (Å²) in [6, 6.07) is 8.45. The summed E-state index contributed by atoms with van der Waals surface area (Å²) >= 11 is 0. The normalized spacial score (nSPS) is 17.4. The first kappa shape index (κ1) is 6.41. The molecule has 0 aromatic heterocycles. The van der Waals surface area contributed by atoms with Gasteiger partial charge in [-0.1, -0.05) is 42.5 Å². The summed E-state index contributed by atoms with van der Waals surface area (Å²) in [6.45, 7) is 2.07. The topological polar surface area (TPSA) is 0 Å². The fourth-order valence-corrected chi connectivity index (χ4v) is 1.43. The van der Waals surface area contributed by atoms with Crippen LogP contribution in [0.4, 0.5) is 0 Å². The second-order valence-electron chi connectivity index (χ2n) is 2.66. The Balaban J connectivity index is 2.63. The molecule has 0 saturated heterocycles. The summed E-state index contributed by atoms with van der Waals surface area (Å²) in [4.78, 5) is 0. The third-order valence-electron chi connectivity index (χ3n) is 2.03. The number of rotatable bonds is 0. The van der Waals surface area contributed by atoms with Crippen molar-refractivity contribution in [1.82, 2.24) is 0 Å². The van der Waals surface area contributed by atoms with Crippen LogP contribution in [-0.4, -0.2) is 0 Å². The predicted octanol–water partition coefficient (Wildman–Crippen LogP) is 3.12. The van der Waals surface area contributed by atoms with Crippen LogP contribution in [0.15, 0.2) is 36.4 Å². The lowest BCUT2D eigenvalue weighted by Crippen LogP contribution is -1.77. The van der Waals surface area contributed by atoms with E-state index in [1.54, 1.807) is 0 Å². The molecule has 1 aliphatic rings. The van der Waals surface area contributed by atoms with Crippen LogP contribution in [0, 0.1) is 0 Å². The molecule has 0 bridgehead atoms. The summed E-state index contributed by atoms with van der Waals surface area (Å²) in [6.07, 6.45) is 6.46. The molecule has 0 atom stereocenters. The van der Waals surface area contributed by atoms with Gasteiger partial charge in [-0.3, -0.25) is 0 Å². The van der Waals surface area contributed by atoms with E-state index in [1.807, 2.05) is 0 Å². The second kappa shape index (κ2) is 2.39. The molecule has 0 heteroatoms. The minimum absolute atomic E-state index is 1.33. The highest BCUT2D eigenvalue weighted by molar-refractivity contribution is 5.89. The monoisotopic (exact) mass is 142 g/mol. The fraction of sp³-hybridized carbons (Fsp3) is 0.0909. The van der Waals surface area contributed by atoms with Crippen molar-refractivity contribution in [2.75, 3.05) is 0 Å². The van der Waals surface area contributed by atoms with Crippen molar-refractivity contribution >= 4 is 11.6 Å². The minimum Gasteiger partial charge on any atom is -0.0798 e. The maximum atomic E-state index is 2.16. The van der Waals surface area contributed by atoms with Crippen LogP contribution in [0.25, 0.3) is 11.6 Å². The van der Waals surface area contributed by atoms with Gasteiger partial charge in [-0.25, -0.2) is 0 Å². The molecule has 2 rings (SSSR count). The maximum absolute atomic E-state index is 2.16. The largest absolute Gasteiger partial charge is 0.0798 e. The lowest BCUT2D eigenvalue weighted by atomic mass is 10.1. The standard InChI is InChI=1S/C11H10/c1-2-9-7-8-10-5-3-4-6-11(9)10/h2-8H,1H3/b9-2+. The zero-order chi connectivity index (χ0) is 7.68. The molecule has 11 heavy (non-hydrogen) atoms. The van der Waals surface area contributed by atoms with Crippen LogP contribution in [0.5, 0.6) is 0 Å². The highest BCUT2D eigenvalue weighted by atomic mass is 14.1. The van der Waals surface area contributed by atoms with Crippen LogP contribution < -0.4 is 0 Å². The fourth-order valence-electron chi connectivity index (χ4n) is 1.43. The van der Waals surface area contributed by atoms with Gasteiger partial charge in [0.25, 0.3) is 0 Å². The first-order valence-electron chi connectivity index (χ1n) is 3.85. The Morgan fingerprint density at radius 1 is 1.09 bits per heavy atom. The summed E-state index contributed by atoms with van der Waals surface area (Å²) in [5.74, 6) is 0. The molecule has 0 N–H and O–H groups in total. The molecule has 0 saturated carbocycles. The molecular formula is C11H10. The van der Waals surface area contributed by atoms with Crippen LogP contribution in [-0.2, 0) is 0 Å². The van der Waals surface area contributed by atoms with Gasteiger partial charge in [0, 0.05) is 0 Å². The second-order valence-corrected chi connectivity index (χ2v) is 2.66. The van der Waals surface area contributed by atoms with E-state index < -0.39 is 0 Å². The minimum atomic E-state index is 1.33. The van der Waals surface area contributed by atoms with Crippen molar-refractivity contribution in [3.8, 4) is 0 Å². The van der Waals surface area contributed by atoms with Crippen LogP contribution in [0.1, 0.15) is 18.1 Å². The zero-order valence-corrected chi connectivity index (χ0v) is 6.54. The van der Waals surface area contributed by atoms with Gasteiger partial charge < -0.3 is 0 Å². The van der Waals surface area contributed by atoms with Gasteiger partial charge in [-0.2, -0.15) is 0 Å². The van der Waals surface area contributed by atoms with Crippen molar-refractivity contribution in [3.63, 3.8) is 0 Å². The number of hydrogen-bond donors (Lipinski definition) is 0. The maximum Gasteiger partial charge on any atom is -0.0115 e. The van der Waals surface area contributed by atoms with E-state index in [0.717, 1.165) is 0 Å². The van der Waals surface area contributed by atoms with E-state index in [2.05, 4.69) is 49.4 Å². The first-order valence-corrected chi connectivity index (χ1v) is 3.85. The molecule has 0 heterocycles. The van der Waals surface area contributed by atoms with Gasteiger partial charge in [0.2, 0.25) is 0 Å². The van der Waals surface area contributed by atoms with Gasteiger partial charge in [0.15, 0.2) is 0 Å². The SMILES string of the molecule is C/C=C1\C=Cc2ccccc21. The number of fused-ring (bicyclic) bond motifs is 1. The molecule has 0 radical (unpaired) electrons. The molecule has 1 aliphatic carbocycles. The van der Waals surface area contributed by atoms with Crippen molar-refractivity contribution < 1.29 is 0 Å². The van der Waals surface area contributed by atoms with E-state index in [9.17, 15) is 0 Å². The molecule has 0 unspecified atom stereocenters. The summed E-state index contributed by atoms with van der Waals surface area (Å²) in [5, 5.41) is 0. The van der Waals surface area contributed by atoms with Gasteiger partial charge in [0.05, 0.1) is 0 Å². The van der Waals surface area contributed by atoms with Gasteiger partial charge in [-0.05, 0) is 23.6 Å². The van der Waals surface area contributed by atoms with Crippen LogP contribution >= 0.6 is 0 Å². The third kappa shape index (κ3) is 0.911. The highest BCUT2D eigenvalue weighted by Gasteiger charge is 2.06. The number of hydrogen-bond acceptors (Lipinski definition) is 0. The Labute approximate surface area is 66.9 Å². The molecule has 0 nitrogen and oxygen atoms in total. The molecule has 0 aliphatic heterocycles. The lowest BCUT2D eigenvalue weighted by molar-refractivity contribution is 1.60. The molecule has 0 fully saturated rings. The number of allylic oxidation sites excluding steroid dienone is 3. The smallest absolute Gasteiger partial charge is 0.0115 e. The quantitative estimate of drug-likeness (QED) is 0.522. The lowest BCUT2D eigenvalue weighted by Gasteiger charge is -1.97. The Morgan fingerprint density at radius 2 is 1.91 bits per heavy atom. The molecule has 1 aromatic rings. The molecule has 1 aromatic carbocycles. The summed E-state index contributed by atoms with van der Waals surface area (Å²) < 4.78 is 0. The average Bonchev–Trinajstić information content (AvgIpc) is 2.47. The molecule has 0 spiro atoms. The average molecular weight is 142 g/mol. The summed E-state index contributed by atoms with van der Waals surface area (Å²) in [7, 11) is 0. The van der Waals surface area contributed by atoms with Crippen molar-refractivity contribution in [3.05, 3.63) is 47.5 Å². The van der Waals surface area contributed by atoms with Crippen molar-refractivity contribution in [2.45, 2.75) is 6.92 Å². The Bertz CT molecular complexity index is 330. The van der Waals surface area contributed by atoms with E-state index in [0.29, 0.717) is 0 Å². The molecular weight excluding hydrogens is 132 g/mol. The highest BCUT2D eigenvalue weighted by Crippen LogP contribution is 2.27. The van der Waals surface area contributed by atoms with Gasteiger partial charge in [-0.15, -0.1) is 0 Å². The third-order valence-corrected chi connectivity index (χ3v) is 2.03. The van der Waals surface area contributed by atoms with Gasteiger partial charge in [0.1, 0.15) is 0 Å². The Kier molecular flexibility index (Phi) is 1.39. The molecule has 54 valence electrons. The Morgan fingerprint density at radius 3 is 2.73 bits per heavy atom. The molecule has 0 amide bonds. The summed E-state index contributed by atoms with van der Waals surface area (Å²) in [5.41, 5.74) is 4.02.